The van der Waals surface area contributed by atoms with E-state index in [1.165, 1.54) is 0 Å². The van der Waals surface area contributed by atoms with Crippen LogP contribution in [-0.2, 0) is 29.5 Å². The summed E-state index contributed by atoms with van der Waals surface area (Å²) in [6.07, 6.45) is -1.03. The maximum Gasteiger partial charge on any atom is 0.329 e. The Morgan fingerprint density at radius 1 is 0.725 bits per heavy atom. The third kappa shape index (κ3) is 9.88. The molecule has 3 saturated heterocycles. The summed E-state index contributed by atoms with van der Waals surface area (Å²) < 4.78 is 18.2. The van der Waals surface area contributed by atoms with E-state index in [1.54, 1.807) is 62.6 Å². The second-order valence-corrected chi connectivity index (χ2v) is 20.3. The van der Waals surface area contributed by atoms with Crippen molar-refractivity contribution in [3.05, 3.63) is 221 Å². The Morgan fingerprint density at radius 2 is 1.38 bits per heavy atom. The number of nitrogens with one attached hydrogen (secondary N) is 2. The molecule has 3 N–H and O–H groups in total. The molecule has 4 heterocycles. The second-order valence-electron chi connectivity index (χ2n) is 20.3. The predicted octanol–water partition coefficient (Wildman–Crippen LogP) is 8.91. The Hall–Kier alpha value is -9.23. The summed E-state index contributed by atoms with van der Waals surface area (Å²) in [5.41, 5.74) is 3.52. The van der Waals surface area contributed by atoms with Gasteiger partial charge in [-0.15, -0.1) is 0 Å². The number of nitrogens with zero attached hydrogens (tertiary/aromatic N) is 4. The Bertz CT molecular complexity index is 3490. The van der Waals surface area contributed by atoms with Gasteiger partial charge >= 0.3 is 12.0 Å². The average Bonchev–Trinajstić information content (AvgIpc) is 3.99. The van der Waals surface area contributed by atoms with Crippen LogP contribution in [0.1, 0.15) is 76.9 Å². The van der Waals surface area contributed by atoms with Crippen LogP contribution in [0.3, 0.4) is 0 Å². The number of imide groups is 1. The van der Waals surface area contributed by atoms with E-state index in [0.29, 0.717) is 76.7 Å². The van der Waals surface area contributed by atoms with Crippen LogP contribution in [0.25, 0.3) is 0 Å². The highest BCUT2D eigenvalue weighted by molar-refractivity contribution is 6.21. The van der Waals surface area contributed by atoms with Crippen LogP contribution in [0.2, 0.25) is 0 Å². The highest BCUT2D eigenvalue weighted by atomic mass is 16.6. The summed E-state index contributed by atoms with van der Waals surface area (Å²) >= 11 is 0. The average molecular weight is 1070 g/mol. The van der Waals surface area contributed by atoms with Gasteiger partial charge in [0.15, 0.2) is 0 Å². The highest BCUT2D eigenvalue weighted by Gasteiger charge is 2.75. The minimum atomic E-state index is -2.08. The Morgan fingerprint density at radius 3 is 2.04 bits per heavy atom. The van der Waals surface area contributed by atoms with Crippen molar-refractivity contribution in [1.29, 1.82) is 0 Å². The van der Waals surface area contributed by atoms with E-state index >= 15 is 19.2 Å². The predicted molar refractivity (Wildman–Crippen MR) is 303 cm³/mol. The highest BCUT2D eigenvalue weighted by Crippen LogP contribution is 2.66. The van der Waals surface area contributed by atoms with E-state index in [-0.39, 0.29) is 24.8 Å². The molecular weight excluding hydrogens is 1010 g/mol. The number of anilines is 3. The first-order chi connectivity index (χ1) is 39.0. The number of urea groups is 1. The minimum Gasteiger partial charge on any atom is -0.497 e. The van der Waals surface area contributed by atoms with E-state index in [1.807, 2.05) is 150 Å². The molecule has 7 aromatic rings. The zero-order valence-corrected chi connectivity index (χ0v) is 44.5. The lowest BCUT2D eigenvalue weighted by Gasteiger charge is -2.53. The van der Waals surface area contributed by atoms with Gasteiger partial charge in [0.2, 0.25) is 11.8 Å². The summed E-state index contributed by atoms with van der Waals surface area (Å²) in [6.45, 7) is 5.47. The largest absolute Gasteiger partial charge is 0.497 e. The maximum absolute atomic E-state index is 17.2. The summed E-state index contributed by atoms with van der Waals surface area (Å²) in [5.74, 6) is 2.92. The van der Waals surface area contributed by atoms with Gasteiger partial charge in [-0.05, 0) is 114 Å². The van der Waals surface area contributed by atoms with Crippen LogP contribution in [-0.4, -0.2) is 97.2 Å². The van der Waals surface area contributed by atoms with Crippen molar-refractivity contribution in [2.75, 3.05) is 61.6 Å². The molecule has 7 atom stereocenters. The molecule has 80 heavy (non-hydrogen) atoms. The molecule has 5 amide bonds. The molecule has 0 aromatic heterocycles. The number of amides is 5. The number of methoxy groups -OCH3 is 1. The third-order valence-electron chi connectivity index (χ3n) is 15.8. The van der Waals surface area contributed by atoms with Gasteiger partial charge in [-0.3, -0.25) is 24.1 Å². The first-order valence-electron chi connectivity index (χ1n) is 26.8. The normalized spacial score (nSPS) is 21.6. The van der Waals surface area contributed by atoms with Crippen molar-refractivity contribution in [2.24, 2.45) is 5.92 Å². The number of hydrogen-bond acceptors (Lipinski definition) is 11. The molecule has 0 aliphatic carbocycles. The molecule has 0 spiro atoms. The number of rotatable bonds is 12. The number of carbonyl (C=O) groups excluding carboxylic acids is 5. The smallest absolute Gasteiger partial charge is 0.329 e. The Balaban J connectivity index is 1.15. The first kappa shape index (κ1) is 52.8. The summed E-state index contributed by atoms with van der Waals surface area (Å²) in [7, 11) is 1.59. The number of ether oxygens (including phenoxy) is 3. The molecule has 0 radical (unpaired) electrons. The van der Waals surface area contributed by atoms with Crippen molar-refractivity contribution in [3.8, 4) is 23.3 Å². The number of carbonyl (C=O) groups is 5. The van der Waals surface area contributed by atoms with Crippen LogP contribution in [0, 0.1) is 17.8 Å². The van der Waals surface area contributed by atoms with Gasteiger partial charge in [-0.1, -0.05) is 115 Å². The number of aliphatic hydroxyl groups excluding tert-OH is 1. The molecule has 15 nitrogen and oxygen atoms in total. The fraction of sp³-hybridized carbons (Fsp3) is 0.246. The number of esters is 1. The lowest BCUT2D eigenvalue weighted by Crippen LogP contribution is -2.65. The van der Waals surface area contributed by atoms with Gasteiger partial charge in [-0.25, -0.2) is 9.69 Å². The monoisotopic (exact) mass is 1070 g/mol. The van der Waals surface area contributed by atoms with Gasteiger partial charge < -0.3 is 39.8 Å². The van der Waals surface area contributed by atoms with E-state index in [9.17, 15) is 9.90 Å². The molecule has 3 fully saturated rings. The molecule has 4 aliphatic rings. The van der Waals surface area contributed by atoms with Crippen molar-refractivity contribution in [1.82, 2.24) is 15.1 Å². The number of hydrogen-bond donors (Lipinski definition) is 3. The molecule has 404 valence electrons. The molecule has 0 bridgehead atoms. The van der Waals surface area contributed by atoms with E-state index in [4.69, 9.17) is 14.2 Å². The van der Waals surface area contributed by atoms with Crippen LogP contribution >= 0.6 is 0 Å². The number of morpholine rings is 1. The fourth-order valence-electron chi connectivity index (χ4n) is 12.0. The van der Waals surface area contributed by atoms with E-state index in [2.05, 4.69) is 27.4 Å². The first-order valence-corrected chi connectivity index (χ1v) is 26.8. The summed E-state index contributed by atoms with van der Waals surface area (Å²) in [5, 5.41) is 16.3. The topological polar surface area (TPSA) is 170 Å². The molecule has 7 aromatic carbocycles. The Kier molecular flexibility index (Phi) is 14.9. The van der Waals surface area contributed by atoms with Gasteiger partial charge in [0.25, 0.3) is 5.91 Å². The summed E-state index contributed by atoms with van der Waals surface area (Å²) in [6, 6.07) is 51.3. The van der Waals surface area contributed by atoms with Crippen molar-refractivity contribution in [2.45, 2.75) is 49.5 Å². The van der Waals surface area contributed by atoms with E-state index < -0.39 is 65.4 Å². The zero-order valence-electron chi connectivity index (χ0n) is 44.5. The van der Waals surface area contributed by atoms with Gasteiger partial charge in [0.05, 0.1) is 37.4 Å². The number of aliphatic hydroxyl groups is 1. The lowest BCUT2D eigenvalue weighted by atomic mass is 9.66. The number of fused-ring (bicyclic) bond motifs is 5. The Labute approximate surface area is 464 Å². The van der Waals surface area contributed by atoms with Crippen LogP contribution in [0.5, 0.6) is 11.5 Å². The maximum atomic E-state index is 17.2. The molecule has 11 rings (SSSR count). The second kappa shape index (κ2) is 22.6. The number of piperazine rings is 1. The van der Waals surface area contributed by atoms with Crippen LogP contribution in [0.15, 0.2) is 182 Å². The standard InChI is InChI=1S/C65H60N6O9/c1-42(46-14-7-4-8-15-46)66-64(77)70-55-33-26-45(23-22-44-24-31-52(78-3)32-25-44)40-54(55)57-56(61(74)67-50-27-29-51(30-28-50)69-36-34-68(35-37-69)43(2)73)59-62(75)80-60(48-18-11-6-12-19-48)58(47-16-9-5-10-17-47)71(59)65(57,63(70)76)49-20-13-21-53(41-49)79-39-38-72/h4-21,24-33,40-42,56-60,72H,34-39H2,1-3H3,(H,66,77)(H,67,74)/t42-,56+,57-,58+,59+,60-,65-/m0/s1. The van der Waals surface area contributed by atoms with Crippen LogP contribution in [0.4, 0.5) is 21.9 Å². The molecule has 0 unspecified atom stereocenters. The van der Waals surface area contributed by atoms with Gasteiger partial charge in [0, 0.05) is 61.5 Å². The SMILES string of the molecule is COc1ccc(C#Cc2ccc3c(c2)[C@H]2[C@@H](C(=O)Nc4ccc(N5CCN(C(C)=O)CC5)cc4)[C@@H]4C(=O)O[C@@H](c5ccccc5)[C@@H](c5ccccc5)N4[C@]2(c2cccc(OCCO)c2)C(=O)N3C(=O)N[C@@H](C)c2ccccc2)cc1. The molecule has 15 heteroatoms. The summed E-state index contributed by atoms with van der Waals surface area (Å²) in [4.78, 5) is 83.8. The minimum absolute atomic E-state index is 0.0288. The third-order valence-corrected chi connectivity index (χ3v) is 15.8. The van der Waals surface area contributed by atoms with E-state index in [0.717, 1.165) is 16.2 Å². The van der Waals surface area contributed by atoms with Gasteiger partial charge in [-0.2, -0.15) is 0 Å². The molecule has 4 aliphatic heterocycles. The fourth-order valence-corrected chi connectivity index (χ4v) is 12.0. The molecule has 0 saturated carbocycles. The quantitative estimate of drug-likeness (QED) is 0.0789. The van der Waals surface area contributed by atoms with Crippen molar-refractivity contribution >= 4 is 46.8 Å². The van der Waals surface area contributed by atoms with Crippen LogP contribution < -0.4 is 29.9 Å². The lowest BCUT2D eigenvalue weighted by molar-refractivity contribution is -0.183. The van der Waals surface area contributed by atoms with Gasteiger partial charge in [0.1, 0.15) is 35.8 Å². The zero-order chi connectivity index (χ0) is 55.5. The molecular formula is C65H60N6O9. The van der Waals surface area contributed by atoms with Crippen molar-refractivity contribution in [3.63, 3.8) is 0 Å². The number of benzene rings is 7. The van der Waals surface area contributed by atoms with Crippen molar-refractivity contribution < 1.29 is 43.3 Å². The number of cyclic esters (lactones) is 1.